The molecule has 0 amide bonds. The Labute approximate surface area is 127 Å². The normalized spacial score (nSPS) is 20.8. The molecule has 1 unspecified atom stereocenters. The van der Waals surface area contributed by atoms with Crippen molar-refractivity contribution >= 4 is 17.3 Å². The minimum atomic E-state index is -0.360. The molecule has 2 rings (SSSR count). The zero-order valence-electron chi connectivity index (χ0n) is 13.2. The minimum absolute atomic E-state index is 0.268. The van der Waals surface area contributed by atoms with Crippen molar-refractivity contribution in [1.29, 1.82) is 0 Å². The Hall–Kier alpha value is -1.71. The van der Waals surface area contributed by atoms with Gasteiger partial charge in [0, 0.05) is 17.4 Å². The van der Waals surface area contributed by atoms with Gasteiger partial charge in [0.05, 0.1) is 12.2 Å². The van der Waals surface area contributed by atoms with Gasteiger partial charge in [-0.3, -0.25) is 0 Å². The predicted octanol–water partition coefficient (Wildman–Crippen LogP) is 3.83. The third-order valence-corrected chi connectivity index (χ3v) is 4.40. The zero-order chi connectivity index (χ0) is 15.5. The number of nitrogen functional groups attached to an aromatic ring is 1. The average molecular weight is 290 g/mol. The summed E-state index contributed by atoms with van der Waals surface area (Å²) in [5, 5.41) is 3.57. The average Bonchev–Trinajstić information content (AvgIpc) is 2.43. The Kier molecular flexibility index (Phi) is 4.76. The summed E-state index contributed by atoms with van der Waals surface area (Å²) in [5.74, 6) is -0.360. The molecule has 3 N–H and O–H groups in total. The number of carbonyl (C=O) groups excluding carboxylic acids is 1. The van der Waals surface area contributed by atoms with Crippen LogP contribution in [0, 0.1) is 5.41 Å². The molecule has 1 aromatic rings. The highest BCUT2D eigenvalue weighted by atomic mass is 16.5. The number of anilines is 2. The molecule has 1 aliphatic carbocycles. The highest BCUT2D eigenvalue weighted by Gasteiger charge is 2.32. The van der Waals surface area contributed by atoms with E-state index in [-0.39, 0.29) is 11.4 Å². The van der Waals surface area contributed by atoms with Crippen LogP contribution in [0.2, 0.25) is 0 Å². The Morgan fingerprint density at radius 3 is 2.86 bits per heavy atom. The van der Waals surface area contributed by atoms with Gasteiger partial charge in [-0.25, -0.2) is 4.79 Å². The van der Waals surface area contributed by atoms with Crippen LogP contribution in [0.25, 0.3) is 0 Å². The number of esters is 1. The van der Waals surface area contributed by atoms with Gasteiger partial charge in [-0.2, -0.15) is 0 Å². The molecule has 116 valence electrons. The monoisotopic (exact) mass is 290 g/mol. The van der Waals surface area contributed by atoms with Gasteiger partial charge in [0.15, 0.2) is 0 Å². The molecule has 4 nitrogen and oxygen atoms in total. The van der Waals surface area contributed by atoms with Crippen LogP contribution in [0.5, 0.6) is 0 Å². The van der Waals surface area contributed by atoms with E-state index >= 15 is 0 Å². The molecule has 21 heavy (non-hydrogen) atoms. The number of carbonyl (C=O) groups is 1. The van der Waals surface area contributed by atoms with E-state index in [1.54, 1.807) is 19.1 Å². The number of hydrogen-bond donors (Lipinski definition) is 2. The van der Waals surface area contributed by atoms with Crippen molar-refractivity contribution in [3.05, 3.63) is 23.8 Å². The standard InChI is InChI=1S/C17H26N2O2/c1-4-21-16(20)13-11-12(8-9-14(13)18)19-15-7-5-6-10-17(15,2)3/h8-9,11,15,19H,4-7,10,18H2,1-3H3. The van der Waals surface area contributed by atoms with E-state index in [0.29, 0.717) is 23.9 Å². The Balaban J connectivity index is 2.17. The summed E-state index contributed by atoms with van der Waals surface area (Å²) >= 11 is 0. The van der Waals surface area contributed by atoms with Crippen molar-refractivity contribution in [2.75, 3.05) is 17.7 Å². The predicted molar refractivity (Wildman–Crippen MR) is 86.5 cm³/mol. The molecule has 0 aromatic heterocycles. The van der Waals surface area contributed by atoms with E-state index in [0.717, 1.165) is 12.1 Å². The lowest BCUT2D eigenvalue weighted by Gasteiger charge is -2.39. The van der Waals surface area contributed by atoms with Gasteiger partial charge in [-0.15, -0.1) is 0 Å². The van der Waals surface area contributed by atoms with Gasteiger partial charge in [0.1, 0.15) is 0 Å². The second-order valence-electron chi connectivity index (χ2n) is 6.45. The summed E-state index contributed by atoms with van der Waals surface area (Å²) in [6, 6.07) is 5.93. The molecular formula is C17H26N2O2. The molecule has 1 fully saturated rings. The summed E-state index contributed by atoms with van der Waals surface area (Å²) in [5.41, 5.74) is 7.98. The number of rotatable bonds is 4. The van der Waals surface area contributed by atoms with E-state index in [1.165, 1.54) is 19.3 Å². The van der Waals surface area contributed by atoms with Gasteiger partial charge >= 0.3 is 5.97 Å². The van der Waals surface area contributed by atoms with Crippen LogP contribution in [0.1, 0.15) is 56.8 Å². The minimum Gasteiger partial charge on any atom is -0.462 e. The van der Waals surface area contributed by atoms with Crippen molar-refractivity contribution in [3.8, 4) is 0 Å². The molecule has 0 radical (unpaired) electrons. The third kappa shape index (κ3) is 3.69. The van der Waals surface area contributed by atoms with Crippen LogP contribution < -0.4 is 11.1 Å². The summed E-state index contributed by atoms with van der Waals surface area (Å²) in [7, 11) is 0. The maximum Gasteiger partial charge on any atom is 0.340 e. The van der Waals surface area contributed by atoms with Crippen LogP contribution in [0.15, 0.2) is 18.2 Å². The second kappa shape index (κ2) is 6.37. The molecule has 1 atom stereocenters. The zero-order valence-corrected chi connectivity index (χ0v) is 13.2. The fourth-order valence-electron chi connectivity index (χ4n) is 2.99. The molecule has 1 aliphatic rings. The Morgan fingerprint density at radius 1 is 1.43 bits per heavy atom. The van der Waals surface area contributed by atoms with Gasteiger partial charge in [0.2, 0.25) is 0 Å². The molecule has 0 spiro atoms. The number of nitrogens with one attached hydrogen (secondary N) is 1. The first-order chi connectivity index (χ1) is 9.94. The smallest absolute Gasteiger partial charge is 0.340 e. The summed E-state index contributed by atoms with van der Waals surface area (Å²) in [6.45, 7) is 6.74. The third-order valence-electron chi connectivity index (χ3n) is 4.40. The van der Waals surface area contributed by atoms with Crippen LogP contribution in [0.4, 0.5) is 11.4 Å². The van der Waals surface area contributed by atoms with Crippen LogP contribution in [-0.4, -0.2) is 18.6 Å². The first-order valence-corrected chi connectivity index (χ1v) is 7.77. The lowest BCUT2D eigenvalue weighted by molar-refractivity contribution is 0.0527. The number of ether oxygens (including phenoxy) is 1. The largest absolute Gasteiger partial charge is 0.462 e. The van der Waals surface area contributed by atoms with E-state index in [4.69, 9.17) is 10.5 Å². The molecule has 4 heteroatoms. The summed E-state index contributed by atoms with van der Waals surface area (Å²) in [6.07, 6.45) is 4.93. The lowest BCUT2D eigenvalue weighted by atomic mass is 9.73. The van der Waals surface area contributed by atoms with Crippen LogP contribution >= 0.6 is 0 Å². The molecule has 0 bridgehead atoms. The van der Waals surface area contributed by atoms with Gasteiger partial charge in [-0.1, -0.05) is 26.7 Å². The van der Waals surface area contributed by atoms with Crippen molar-refractivity contribution in [2.45, 2.75) is 52.5 Å². The van der Waals surface area contributed by atoms with Crippen molar-refractivity contribution in [2.24, 2.45) is 5.41 Å². The number of hydrogen-bond acceptors (Lipinski definition) is 4. The van der Waals surface area contributed by atoms with Gasteiger partial charge in [-0.05, 0) is 43.4 Å². The van der Waals surface area contributed by atoms with E-state index in [9.17, 15) is 4.79 Å². The van der Waals surface area contributed by atoms with Crippen LogP contribution in [-0.2, 0) is 4.74 Å². The molecule has 0 aliphatic heterocycles. The quantitative estimate of drug-likeness (QED) is 0.653. The summed E-state index contributed by atoms with van der Waals surface area (Å²) in [4.78, 5) is 11.9. The highest BCUT2D eigenvalue weighted by molar-refractivity contribution is 5.96. The Bertz CT molecular complexity index is 512. The topological polar surface area (TPSA) is 64.3 Å². The van der Waals surface area contributed by atoms with Crippen molar-refractivity contribution in [3.63, 3.8) is 0 Å². The van der Waals surface area contributed by atoms with E-state index < -0.39 is 0 Å². The van der Waals surface area contributed by atoms with Gasteiger partial charge in [0.25, 0.3) is 0 Å². The van der Waals surface area contributed by atoms with Crippen molar-refractivity contribution in [1.82, 2.24) is 0 Å². The SMILES string of the molecule is CCOC(=O)c1cc(NC2CCCCC2(C)C)ccc1N. The molecule has 1 aromatic carbocycles. The molecule has 1 saturated carbocycles. The lowest BCUT2D eigenvalue weighted by Crippen LogP contribution is -2.38. The number of benzene rings is 1. The fourth-order valence-corrected chi connectivity index (χ4v) is 2.99. The number of nitrogens with two attached hydrogens (primary N) is 1. The molecular weight excluding hydrogens is 264 g/mol. The first-order valence-electron chi connectivity index (χ1n) is 7.77. The van der Waals surface area contributed by atoms with Gasteiger partial charge < -0.3 is 15.8 Å². The fraction of sp³-hybridized carbons (Fsp3) is 0.588. The molecule has 0 saturated heterocycles. The highest BCUT2D eigenvalue weighted by Crippen LogP contribution is 2.37. The van der Waals surface area contributed by atoms with Crippen molar-refractivity contribution < 1.29 is 9.53 Å². The Morgan fingerprint density at radius 2 is 2.19 bits per heavy atom. The second-order valence-corrected chi connectivity index (χ2v) is 6.45. The first kappa shape index (κ1) is 15.7. The van der Waals surface area contributed by atoms with E-state index in [2.05, 4.69) is 19.2 Å². The van der Waals surface area contributed by atoms with Crippen LogP contribution in [0.3, 0.4) is 0 Å². The maximum absolute atomic E-state index is 11.9. The molecule has 0 heterocycles. The summed E-state index contributed by atoms with van der Waals surface area (Å²) < 4.78 is 5.05. The maximum atomic E-state index is 11.9. The van der Waals surface area contributed by atoms with E-state index in [1.807, 2.05) is 6.07 Å².